The SMILES string of the molecule is C=C(O)Cn1ccnc1C(CC)NC(=O)Nc1ccc(Br)cc1. The monoisotopic (exact) mass is 378 g/mol. The molecule has 1 atom stereocenters. The third-order valence-corrected chi connectivity index (χ3v) is 3.76. The summed E-state index contributed by atoms with van der Waals surface area (Å²) in [5.74, 6) is 0.715. The van der Waals surface area contributed by atoms with Gasteiger partial charge in [0, 0.05) is 22.6 Å². The minimum absolute atomic E-state index is 0.0402. The number of anilines is 1. The first-order chi connectivity index (χ1) is 11.0. The third-order valence-electron chi connectivity index (χ3n) is 3.23. The van der Waals surface area contributed by atoms with E-state index in [-0.39, 0.29) is 24.4 Å². The van der Waals surface area contributed by atoms with Gasteiger partial charge in [-0.2, -0.15) is 0 Å². The molecule has 6 nitrogen and oxygen atoms in total. The number of hydrogen-bond donors (Lipinski definition) is 3. The fourth-order valence-corrected chi connectivity index (χ4v) is 2.43. The molecule has 2 rings (SSSR count). The zero-order valence-corrected chi connectivity index (χ0v) is 14.4. The molecule has 0 radical (unpaired) electrons. The topological polar surface area (TPSA) is 79.2 Å². The predicted octanol–water partition coefficient (Wildman–Crippen LogP) is 3.99. The van der Waals surface area contributed by atoms with Gasteiger partial charge in [-0.05, 0) is 30.7 Å². The van der Waals surface area contributed by atoms with Crippen molar-refractivity contribution < 1.29 is 9.90 Å². The van der Waals surface area contributed by atoms with Crippen LogP contribution in [0.25, 0.3) is 0 Å². The van der Waals surface area contributed by atoms with Crippen molar-refractivity contribution in [3.05, 3.63) is 59.3 Å². The van der Waals surface area contributed by atoms with Crippen LogP contribution in [0.2, 0.25) is 0 Å². The fraction of sp³-hybridized carbons (Fsp3) is 0.250. The van der Waals surface area contributed by atoms with Gasteiger partial charge in [-0.1, -0.05) is 29.4 Å². The summed E-state index contributed by atoms with van der Waals surface area (Å²) in [6.45, 7) is 5.69. The van der Waals surface area contributed by atoms with Gasteiger partial charge in [0.2, 0.25) is 0 Å². The number of rotatable bonds is 6. The van der Waals surface area contributed by atoms with Crippen LogP contribution in [0.15, 0.2) is 53.5 Å². The van der Waals surface area contributed by atoms with Gasteiger partial charge in [0.25, 0.3) is 0 Å². The molecule has 0 saturated heterocycles. The highest BCUT2D eigenvalue weighted by Gasteiger charge is 2.18. The summed E-state index contributed by atoms with van der Waals surface area (Å²) in [7, 11) is 0. The van der Waals surface area contributed by atoms with Gasteiger partial charge in [-0.3, -0.25) is 0 Å². The molecule has 0 fully saturated rings. The summed E-state index contributed by atoms with van der Waals surface area (Å²) >= 11 is 3.35. The van der Waals surface area contributed by atoms with Crippen LogP contribution in [0.1, 0.15) is 25.2 Å². The zero-order chi connectivity index (χ0) is 16.8. The van der Waals surface area contributed by atoms with Crippen LogP contribution in [-0.4, -0.2) is 20.7 Å². The summed E-state index contributed by atoms with van der Waals surface area (Å²) in [5, 5.41) is 15.0. The van der Waals surface area contributed by atoms with Crippen molar-refractivity contribution in [1.29, 1.82) is 0 Å². The van der Waals surface area contributed by atoms with Gasteiger partial charge in [-0.25, -0.2) is 9.78 Å². The highest BCUT2D eigenvalue weighted by Crippen LogP contribution is 2.17. The lowest BCUT2D eigenvalue weighted by atomic mass is 10.2. The highest BCUT2D eigenvalue weighted by atomic mass is 79.9. The van der Waals surface area contributed by atoms with Crippen molar-refractivity contribution in [2.45, 2.75) is 25.9 Å². The molecule has 0 saturated carbocycles. The largest absolute Gasteiger partial charge is 0.511 e. The van der Waals surface area contributed by atoms with E-state index in [0.29, 0.717) is 17.9 Å². The second-order valence-electron chi connectivity index (χ2n) is 5.05. The molecule has 122 valence electrons. The Morgan fingerprint density at radius 2 is 2.13 bits per heavy atom. The Balaban J connectivity index is 2.04. The minimum atomic E-state index is -0.309. The molecule has 23 heavy (non-hydrogen) atoms. The molecule has 0 spiro atoms. The molecule has 0 bridgehead atoms. The van der Waals surface area contributed by atoms with E-state index < -0.39 is 0 Å². The Kier molecular flexibility index (Phi) is 5.81. The highest BCUT2D eigenvalue weighted by molar-refractivity contribution is 9.10. The van der Waals surface area contributed by atoms with Gasteiger partial charge in [0.1, 0.15) is 11.6 Å². The number of urea groups is 1. The van der Waals surface area contributed by atoms with Gasteiger partial charge < -0.3 is 20.3 Å². The van der Waals surface area contributed by atoms with E-state index >= 15 is 0 Å². The first kappa shape index (κ1) is 17.1. The molecule has 1 heterocycles. The number of nitrogens with zero attached hydrogens (tertiary/aromatic N) is 2. The number of aliphatic hydroxyl groups is 1. The first-order valence-corrected chi connectivity index (χ1v) is 7.99. The van der Waals surface area contributed by atoms with Crippen LogP contribution in [0.5, 0.6) is 0 Å². The van der Waals surface area contributed by atoms with E-state index in [1.165, 1.54) is 0 Å². The first-order valence-electron chi connectivity index (χ1n) is 7.20. The fourth-order valence-electron chi connectivity index (χ4n) is 2.17. The van der Waals surface area contributed by atoms with Gasteiger partial charge in [-0.15, -0.1) is 0 Å². The average molecular weight is 379 g/mol. The van der Waals surface area contributed by atoms with Crippen LogP contribution < -0.4 is 10.6 Å². The maximum Gasteiger partial charge on any atom is 0.319 e. The number of carbonyl (C=O) groups excluding carboxylic acids is 1. The standard InChI is InChI=1S/C16H19BrN4O2/c1-3-14(15-18-8-9-21(15)10-11(2)22)20-16(23)19-13-6-4-12(17)5-7-13/h4-9,14,22H,2-3,10H2,1H3,(H2,19,20,23). The quantitative estimate of drug-likeness (QED) is 0.664. The van der Waals surface area contributed by atoms with Crippen LogP contribution in [0, 0.1) is 0 Å². The molecule has 7 heteroatoms. The van der Waals surface area contributed by atoms with E-state index in [9.17, 15) is 9.90 Å². The summed E-state index contributed by atoms with van der Waals surface area (Å²) in [6, 6.07) is 6.75. The maximum absolute atomic E-state index is 12.2. The Morgan fingerprint density at radius 1 is 1.43 bits per heavy atom. The van der Waals surface area contributed by atoms with Gasteiger partial charge in [0.05, 0.1) is 12.6 Å². The molecule has 0 aliphatic heterocycles. The minimum Gasteiger partial charge on any atom is -0.511 e. The molecular weight excluding hydrogens is 360 g/mol. The molecule has 1 unspecified atom stereocenters. The van der Waals surface area contributed by atoms with Crippen molar-refractivity contribution in [2.75, 3.05) is 5.32 Å². The molecular formula is C16H19BrN4O2. The lowest BCUT2D eigenvalue weighted by Gasteiger charge is -2.18. The predicted molar refractivity (Wildman–Crippen MR) is 93.3 cm³/mol. The van der Waals surface area contributed by atoms with E-state index in [4.69, 9.17) is 0 Å². The van der Waals surface area contributed by atoms with Crippen LogP contribution in [-0.2, 0) is 6.54 Å². The number of allylic oxidation sites excluding steroid dienone is 1. The number of amides is 2. The zero-order valence-electron chi connectivity index (χ0n) is 12.8. The normalized spacial score (nSPS) is 11.7. The van der Waals surface area contributed by atoms with Crippen molar-refractivity contribution in [2.24, 2.45) is 0 Å². The lowest BCUT2D eigenvalue weighted by molar-refractivity contribution is 0.247. The molecule has 2 aromatic rings. The average Bonchev–Trinajstić information content (AvgIpc) is 2.94. The van der Waals surface area contributed by atoms with Gasteiger partial charge >= 0.3 is 6.03 Å². The van der Waals surface area contributed by atoms with Crippen LogP contribution in [0.3, 0.4) is 0 Å². The summed E-state index contributed by atoms with van der Waals surface area (Å²) in [4.78, 5) is 16.4. The molecule has 1 aromatic carbocycles. The smallest absolute Gasteiger partial charge is 0.319 e. The number of benzene rings is 1. The van der Waals surface area contributed by atoms with Crippen molar-refractivity contribution in [3.8, 4) is 0 Å². The second kappa shape index (κ2) is 7.82. The maximum atomic E-state index is 12.2. The number of imidazole rings is 1. The number of hydrogen-bond acceptors (Lipinski definition) is 3. The Bertz CT molecular complexity index is 682. The van der Waals surface area contributed by atoms with Crippen LogP contribution >= 0.6 is 15.9 Å². The molecule has 2 amide bonds. The summed E-state index contributed by atoms with van der Waals surface area (Å²) in [5.41, 5.74) is 0.702. The lowest BCUT2D eigenvalue weighted by Crippen LogP contribution is -2.33. The summed E-state index contributed by atoms with van der Waals surface area (Å²) < 4.78 is 2.71. The van der Waals surface area contributed by atoms with Crippen molar-refractivity contribution in [1.82, 2.24) is 14.9 Å². The van der Waals surface area contributed by atoms with E-state index in [1.54, 1.807) is 29.1 Å². The number of nitrogens with one attached hydrogen (secondary N) is 2. The van der Waals surface area contributed by atoms with E-state index in [1.807, 2.05) is 19.1 Å². The molecule has 0 aliphatic carbocycles. The number of carbonyl (C=O) groups is 1. The molecule has 1 aromatic heterocycles. The molecule has 0 aliphatic rings. The Morgan fingerprint density at radius 3 is 2.74 bits per heavy atom. The Hall–Kier alpha value is -2.28. The third kappa shape index (κ3) is 4.85. The van der Waals surface area contributed by atoms with Crippen molar-refractivity contribution >= 4 is 27.6 Å². The number of aromatic nitrogens is 2. The number of aliphatic hydroxyl groups excluding tert-OH is 1. The van der Waals surface area contributed by atoms with Gasteiger partial charge in [0.15, 0.2) is 0 Å². The summed E-state index contributed by atoms with van der Waals surface area (Å²) in [6.07, 6.45) is 4.05. The van der Waals surface area contributed by atoms with Crippen molar-refractivity contribution in [3.63, 3.8) is 0 Å². The van der Waals surface area contributed by atoms with E-state index in [0.717, 1.165) is 4.47 Å². The van der Waals surface area contributed by atoms with Crippen LogP contribution in [0.4, 0.5) is 10.5 Å². The second-order valence-corrected chi connectivity index (χ2v) is 5.96. The van der Waals surface area contributed by atoms with E-state index in [2.05, 4.69) is 38.1 Å². The number of halogens is 1. The Labute approximate surface area is 143 Å². The molecule has 3 N–H and O–H groups in total.